The van der Waals surface area contributed by atoms with Crippen LogP contribution in [0.1, 0.15) is 61.1 Å². The summed E-state index contributed by atoms with van der Waals surface area (Å²) >= 11 is 1.09. The van der Waals surface area contributed by atoms with Crippen molar-refractivity contribution in [3.63, 3.8) is 0 Å². The molecular formula is C24H39N6O7PS. The Morgan fingerprint density at radius 2 is 1.97 bits per heavy atom. The highest BCUT2D eigenvalue weighted by atomic mass is 32.2. The zero-order valence-electron chi connectivity index (χ0n) is 23.4. The minimum Gasteiger partial charge on any atom is -0.462 e. The van der Waals surface area contributed by atoms with Crippen molar-refractivity contribution in [1.29, 1.82) is 0 Å². The Kier molecular flexibility index (Phi) is 10.5. The molecule has 3 N–H and O–H groups in total. The molecule has 218 valence electrons. The van der Waals surface area contributed by atoms with Gasteiger partial charge in [-0.2, -0.15) is 0 Å². The van der Waals surface area contributed by atoms with Gasteiger partial charge in [-0.25, -0.2) is 24.6 Å². The second kappa shape index (κ2) is 13.0. The predicted octanol–water partition coefficient (Wildman–Crippen LogP) is 3.71. The molecule has 1 aliphatic rings. The van der Waals surface area contributed by atoms with E-state index in [9.17, 15) is 14.2 Å². The first kappa shape index (κ1) is 31.4. The van der Waals surface area contributed by atoms with Crippen LogP contribution in [0.3, 0.4) is 0 Å². The molecule has 5 atom stereocenters. The number of esters is 1. The molecule has 0 amide bonds. The molecule has 0 aliphatic carbocycles. The van der Waals surface area contributed by atoms with E-state index < -0.39 is 37.5 Å². The number of nitrogens with two attached hydrogens (primary N) is 1. The van der Waals surface area contributed by atoms with Gasteiger partial charge in [0.15, 0.2) is 16.6 Å². The summed E-state index contributed by atoms with van der Waals surface area (Å²) in [6.07, 6.45) is 2.42. The van der Waals surface area contributed by atoms with Crippen LogP contribution in [0.2, 0.25) is 0 Å². The van der Waals surface area contributed by atoms with E-state index >= 15 is 0 Å². The van der Waals surface area contributed by atoms with E-state index in [-0.39, 0.29) is 41.9 Å². The molecule has 2 aromatic heterocycles. The number of nitrogens with zero attached hydrogens (tertiary/aromatic N) is 4. The van der Waals surface area contributed by atoms with Gasteiger partial charge in [-0.15, -0.1) is 0 Å². The first-order chi connectivity index (χ1) is 18.2. The number of thioether (sulfide) groups is 1. The van der Waals surface area contributed by atoms with Crippen molar-refractivity contribution in [3.8, 4) is 0 Å². The van der Waals surface area contributed by atoms with E-state index in [1.165, 1.54) is 13.3 Å². The molecule has 3 rings (SSSR count). The largest absolute Gasteiger partial charge is 0.462 e. The molecule has 3 heterocycles. The number of rotatable bonds is 12. The monoisotopic (exact) mass is 586 g/mol. The summed E-state index contributed by atoms with van der Waals surface area (Å²) in [7, 11) is -3.98. The molecule has 39 heavy (non-hydrogen) atoms. The van der Waals surface area contributed by atoms with E-state index in [4.69, 9.17) is 24.3 Å². The van der Waals surface area contributed by atoms with Gasteiger partial charge in [-0.1, -0.05) is 39.5 Å². The molecule has 13 nitrogen and oxygen atoms in total. The standard InChI is InChI=1S/C24H39N6O7PS/c1-14(2)36-22(31)16(4)29-38(33,34-8-9-39-23(32)24(5,6)7)35-11-17-10-15(3)21(37-17)30-13-28-18-19(25)26-12-27-20(18)30/h12-17,21H,8-11H2,1-7H3,(H,29,33)(H2,25,26,27)/t15-,16-,17-,21+,38?/m0/s1. The van der Waals surface area contributed by atoms with Crippen LogP contribution >= 0.6 is 19.5 Å². The minimum atomic E-state index is -3.98. The van der Waals surface area contributed by atoms with E-state index in [0.717, 1.165) is 11.8 Å². The summed E-state index contributed by atoms with van der Waals surface area (Å²) in [5.74, 6) is 0.0168. The first-order valence-corrected chi connectivity index (χ1v) is 15.4. The van der Waals surface area contributed by atoms with Gasteiger partial charge in [0.1, 0.15) is 24.1 Å². The van der Waals surface area contributed by atoms with Crippen molar-refractivity contribution >= 4 is 47.6 Å². The molecule has 15 heteroatoms. The molecule has 1 aliphatic heterocycles. The fourth-order valence-electron chi connectivity index (χ4n) is 3.85. The molecule has 1 saturated heterocycles. The summed E-state index contributed by atoms with van der Waals surface area (Å²) in [5.41, 5.74) is 6.44. The Morgan fingerprint density at radius 1 is 1.26 bits per heavy atom. The molecule has 0 bridgehead atoms. The number of nitrogen functional groups attached to an aromatic ring is 1. The SMILES string of the molecule is CC(C)OC(=O)[C@H](C)NP(=O)(OCCSC(=O)C(C)(C)C)OC[C@@H]1C[C@H](C)[C@H](n2cnc3c(N)ncnc32)O1. The third-order valence-corrected chi connectivity index (χ3v) is 8.75. The zero-order valence-corrected chi connectivity index (χ0v) is 25.2. The Hall–Kier alpha value is -2.09. The zero-order chi connectivity index (χ0) is 29.0. The van der Waals surface area contributed by atoms with Crippen LogP contribution in [0.25, 0.3) is 11.2 Å². The molecule has 1 unspecified atom stereocenters. The Bertz CT molecular complexity index is 1200. The highest BCUT2D eigenvalue weighted by molar-refractivity contribution is 8.13. The molecule has 0 radical (unpaired) electrons. The van der Waals surface area contributed by atoms with Crippen molar-refractivity contribution in [3.05, 3.63) is 12.7 Å². The summed E-state index contributed by atoms with van der Waals surface area (Å²) in [5, 5.41) is 2.65. The topological polar surface area (TPSA) is 170 Å². The fourth-order valence-corrected chi connectivity index (χ4v) is 6.25. The lowest BCUT2D eigenvalue weighted by Crippen LogP contribution is -2.36. The maximum atomic E-state index is 13.7. The molecule has 0 aromatic carbocycles. The fraction of sp³-hybridized carbons (Fsp3) is 0.708. The Balaban J connectivity index is 1.65. The average Bonchev–Trinajstić information content (AvgIpc) is 3.43. The highest BCUT2D eigenvalue weighted by Gasteiger charge is 2.38. The molecule has 0 spiro atoms. The number of anilines is 1. The van der Waals surface area contributed by atoms with Crippen LogP contribution in [0.5, 0.6) is 0 Å². The number of carbonyl (C=O) groups is 2. The number of ether oxygens (including phenoxy) is 2. The minimum absolute atomic E-state index is 0.0119. The Morgan fingerprint density at radius 3 is 2.64 bits per heavy atom. The lowest BCUT2D eigenvalue weighted by molar-refractivity contribution is -0.149. The molecule has 1 fully saturated rings. The summed E-state index contributed by atoms with van der Waals surface area (Å²) in [6.45, 7) is 12.4. The lowest BCUT2D eigenvalue weighted by Gasteiger charge is -2.24. The predicted molar refractivity (Wildman–Crippen MR) is 148 cm³/mol. The van der Waals surface area contributed by atoms with E-state index in [2.05, 4.69) is 20.0 Å². The Labute approximate surface area is 232 Å². The summed E-state index contributed by atoms with van der Waals surface area (Å²) in [4.78, 5) is 37.1. The number of nitrogens with one attached hydrogen (secondary N) is 1. The van der Waals surface area contributed by atoms with Gasteiger partial charge in [0, 0.05) is 17.1 Å². The van der Waals surface area contributed by atoms with Crippen molar-refractivity contribution in [2.45, 2.75) is 79.4 Å². The van der Waals surface area contributed by atoms with Gasteiger partial charge >= 0.3 is 13.7 Å². The number of carbonyl (C=O) groups excluding carboxylic acids is 2. The number of hydrogen-bond donors (Lipinski definition) is 2. The van der Waals surface area contributed by atoms with Crippen LogP contribution < -0.4 is 10.8 Å². The molecular weight excluding hydrogens is 547 g/mol. The van der Waals surface area contributed by atoms with Gasteiger partial charge < -0.3 is 15.2 Å². The van der Waals surface area contributed by atoms with Crippen LogP contribution in [0.15, 0.2) is 12.7 Å². The van der Waals surface area contributed by atoms with Gasteiger partial charge in [-0.3, -0.25) is 23.2 Å². The maximum Gasteiger partial charge on any atom is 0.406 e. The number of fused-ring (bicyclic) bond motifs is 1. The summed E-state index contributed by atoms with van der Waals surface area (Å²) < 4.78 is 38.2. The third-order valence-electron chi connectivity index (χ3n) is 5.79. The number of imidazole rings is 1. The highest BCUT2D eigenvalue weighted by Crippen LogP contribution is 2.46. The van der Waals surface area contributed by atoms with E-state index in [1.807, 2.05) is 27.7 Å². The second-order valence-electron chi connectivity index (χ2n) is 10.8. The van der Waals surface area contributed by atoms with Gasteiger partial charge in [0.05, 0.1) is 31.7 Å². The van der Waals surface area contributed by atoms with Gasteiger partial charge in [-0.05, 0) is 27.2 Å². The maximum absolute atomic E-state index is 13.7. The van der Waals surface area contributed by atoms with Crippen LogP contribution in [-0.2, 0) is 32.7 Å². The van der Waals surface area contributed by atoms with Gasteiger partial charge in [0.2, 0.25) is 0 Å². The third kappa shape index (κ3) is 8.45. The summed E-state index contributed by atoms with van der Waals surface area (Å²) in [6, 6.07) is -0.958. The normalized spacial score (nSPS) is 22.2. The number of aromatic nitrogens is 4. The van der Waals surface area contributed by atoms with Crippen molar-refractivity contribution in [2.75, 3.05) is 24.7 Å². The smallest absolute Gasteiger partial charge is 0.406 e. The van der Waals surface area contributed by atoms with Crippen LogP contribution in [0.4, 0.5) is 5.82 Å². The molecule has 0 saturated carbocycles. The first-order valence-electron chi connectivity index (χ1n) is 12.8. The van der Waals surface area contributed by atoms with Crippen LogP contribution in [-0.4, -0.2) is 67.8 Å². The number of hydrogen-bond acceptors (Lipinski definition) is 12. The van der Waals surface area contributed by atoms with Crippen molar-refractivity contribution < 1.29 is 32.7 Å². The van der Waals surface area contributed by atoms with E-state index in [0.29, 0.717) is 17.6 Å². The quantitative estimate of drug-likeness (QED) is 0.210. The van der Waals surface area contributed by atoms with E-state index in [1.54, 1.807) is 24.7 Å². The van der Waals surface area contributed by atoms with Crippen LogP contribution in [0, 0.1) is 11.3 Å². The van der Waals surface area contributed by atoms with Gasteiger partial charge in [0.25, 0.3) is 0 Å². The average molecular weight is 587 g/mol. The molecule has 2 aromatic rings. The van der Waals surface area contributed by atoms with Crippen molar-refractivity contribution in [1.82, 2.24) is 24.6 Å². The lowest BCUT2D eigenvalue weighted by atomic mass is 10.00. The second-order valence-corrected chi connectivity index (χ2v) is 13.6. The van der Waals surface area contributed by atoms with Crippen molar-refractivity contribution in [2.24, 2.45) is 11.3 Å².